The smallest absolute Gasteiger partial charge is 0.372 e. The van der Waals surface area contributed by atoms with Crippen LogP contribution in [-0.4, -0.2) is 55.7 Å². The summed E-state index contributed by atoms with van der Waals surface area (Å²) in [5.74, 6) is -9.73. The Morgan fingerprint density at radius 1 is 0.397 bits per heavy atom. The number of benzene rings is 3. The molecule has 0 saturated carbocycles. The van der Waals surface area contributed by atoms with Crippen LogP contribution >= 0.6 is 0 Å². The third-order valence-corrected chi connectivity index (χ3v) is 13.2. The van der Waals surface area contributed by atoms with Gasteiger partial charge in [-0.25, -0.2) is 0 Å². The van der Waals surface area contributed by atoms with Gasteiger partial charge in [-0.05, 0) is 69.5 Å². The van der Waals surface area contributed by atoms with Gasteiger partial charge in [-0.3, -0.25) is 0 Å². The molecular formula is C30H22F12O12S4. The van der Waals surface area contributed by atoms with Crippen molar-refractivity contribution in [3.05, 3.63) is 81.9 Å². The Labute approximate surface area is 320 Å². The summed E-state index contributed by atoms with van der Waals surface area (Å²) < 4.78 is 278. The molecule has 0 aromatic heterocycles. The summed E-state index contributed by atoms with van der Waals surface area (Å²) in [6, 6.07) is 6.54. The van der Waals surface area contributed by atoms with Gasteiger partial charge < -0.3 is 16.7 Å². The molecule has 0 radical (unpaired) electrons. The number of hydrogen-bond donors (Lipinski definition) is 0. The minimum atomic E-state index is -6.89. The monoisotopic (exact) mass is 930 g/mol. The summed E-state index contributed by atoms with van der Waals surface area (Å²) in [6.45, 7) is 5.20. The molecule has 322 valence electrons. The lowest BCUT2D eigenvalue weighted by Gasteiger charge is -2.59. The molecule has 0 fully saturated rings. The lowest BCUT2D eigenvalue weighted by Crippen LogP contribution is -2.55. The zero-order valence-electron chi connectivity index (χ0n) is 28.8. The summed E-state index contributed by atoms with van der Waals surface area (Å²) in [6.07, 6.45) is 0. The van der Waals surface area contributed by atoms with Crippen molar-refractivity contribution in [2.24, 2.45) is 11.8 Å². The molecule has 2 bridgehead atoms. The second kappa shape index (κ2) is 13.2. The third kappa shape index (κ3) is 6.56. The van der Waals surface area contributed by atoms with Gasteiger partial charge >= 0.3 is 62.5 Å². The first kappa shape index (κ1) is 44.9. The molecule has 6 rings (SSSR count). The van der Waals surface area contributed by atoms with Crippen molar-refractivity contribution in [1.82, 2.24) is 0 Å². The predicted molar refractivity (Wildman–Crippen MR) is 171 cm³/mol. The topological polar surface area (TPSA) is 173 Å². The van der Waals surface area contributed by atoms with Crippen LogP contribution in [0.3, 0.4) is 0 Å². The molecule has 0 amide bonds. The first-order chi connectivity index (χ1) is 25.9. The van der Waals surface area contributed by atoms with Crippen LogP contribution in [0, 0.1) is 11.8 Å². The highest BCUT2D eigenvalue weighted by Gasteiger charge is 2.63. The Kier molecular flexibility index (Phi) is 10.2. The van der Waals surface area contributed by atoms with Crippen LogP contribution in [0.2, 0.25) is 0 Å². The Morgan fingerprint density at radius 3 is 0.741 bits per heavy atom. The lowest BCUT2D eigenvalue weighted by molar-refractivity contribution is -0.0513. The summed E-state index contributed by atoms with van der Waals surface area (Å²) in [7, 11) is -27.5. The van der Waals surface area contributed by atoms with Gasteiger partial charge in [0.15, 0.2) is 23.0 Å². The highest BCUT2D eigenvalue weighted by Crippen LogP contribution is 2.68. The van der Waals surface area contributed by atoms with Crippen LogP contribution in [-0.2, 0) is 51.3 Å². The molecule has 12 nitrogen and oxygen atoms in total. The molecule has 0 saturated heterocycles. The minimum Gasteiger partial charge on any atom is -0.372 e. The van der Waals surface area contributed by atoms with Crippen molar-refractivity contribution in [3.63, 3.8) is 0 Å². The summed E-state index contributed by atoms with van der Waals surface area (Å²) in [5, 5.41) is 0. The summed E-state index contributed by atoms with van der Waals surface area (Å²) >= 11 is 0. The number of hydrogen-bond acceptors (Lipinski definition) is 12. The lowest BCUT2D eigenvalue weighted by atomic mass is 9.42. The SMILES string of the molecule is CC(C)C12c3ccccc3C(C(C)C)(c3cc(OS(=O)(=O)C(F)(F)F)c(OS(=O)(=O)C(F)(F)F)cc31)c1cc(OS(=O)(=O)C(F)(F)F)c(OS(=O)(=O)C(F)(F)F)cc12. The van der Waals surface area contributed by atoms with Crippen molar-refractivity contribution in [3.8, 4) is 23.0 Å². The second-order valence-electron chi connectivity index (χ2n) is 13.1. The Morgan fingerprint density at radius 2 is 0.586 bits per heavy atom. The summed E-state index contributed by atoms with van der Waals surface area (Å²) in [4.78, 5) is 0. The average molecular weight is 931 g/mol. The van der Waals surface area contributed by atoms with Crippen molar-refractivity contribution >= 4 is 40.5 Å². The molecule has 0 unspecified atom stereocenters. The van der Waals surface area contributed by atoms with Crippen molar-refractivity contribution < 1.29 is 103 Å². The van der Waals surface area contributed by atoms with E-state index in [4.69, 9.17) is 0 Å². The zero-order chi connectivity index (χ0) is 44.4. The molecule has 0 spiro atoms. The van der Waals surface area contributed by atoms with Crippen LogP contribution in [0.25, 0.3) is 0 Å². The summed E-state index contributed by atoms with van der Waals surface area (Å²) in [5.41, 5.74) is -31.7. The van der Waals surface area contributed by atoms with Gasteiger partial charge in [-0.1, -0.05) is 52.0 Å². The van der Waals surface area contributed by atoms with Crippen LogP contribution in [0.5, 0.6) is 23.0 Å². The van der Waals surface area contributed by atoms with E-state index in [1.807, 2.05) is 0 Å². The first-order valence-corrected chi connectivity index (χ1v) is 21.1. The van der Waals surface area contributed by atoms with E-state index in [1.165, 1.54) is 52.0 Å². The highest BCUT2D eigenvalue weighted by molar-refractivity contribution is 7.88. The molecule has 0 atom stereocenters. The zero-order valence-corrected chi connectivity index (χ0v) is 32.1. The van der Waals surface area contributed by atoms with E-state index in [2.05, 4.69) is 16.7 Å². The van der Waals surface area contributed by atoms with E-state index in [1.54, 1.807) is 0 Å². The van der Waals surface area contributed by atoms with E-state index in [-0.39, 0.29) is 11.1 Å². The molecule has 3 aromatic rings. The normalized spacial score (nSPS) is 20.0. The van der Waals surface area contributed by atoms with Crippen molar-refractivity contribution in [2.75, 3.05) is 0 Å². The van der Waals surface area contributed by atoms with E-state index in [0.717, 1.165) is 0 Å². The molecule has 28 heteroatoms. The average Bonchev–Trinajstić information content (AvgIpc) is 3.02. The maximum Gasteiger partial charge on any atom is 0.534 e. The molecule has 0 N–H and O–H groups in total. The second-order valence-corrected chi connectivity index (χ2v) is 19.2. The standard InChI is InChI=1S/C30H22F12O12S4/c1-13(2)25-15-7-5-6-8-16(15)26(14(3)4,19-11-23(53-57(47,48)29(37,38)39)21(9-17(19)25)51-55(43,44)27(31,32)33)20-12-24(54-58(49,50)30(40,41)42)22(10-18(20)25)52-56(45,46)28(34,35)36/h5-14H,1-4H3. The van der Waals surface area contributed by atoms with Gasteiger partial charge in [-0.2, -0.15) is 86.4 Å². The van der Waals surface area contributed by atoms with E-state index < -0.39 is 130 Å². The van der Waals surface area contributed by atoms with E-state index >= 15 is 0 Å². The maximum absolute atomic E-state index is 13.6. The van der Waals surface area contributed by atoms with Gasteiger partial charge in [0.1, 0.15) is 0 Å². The Hall–Kier alpha value is -4.18. The fraction of sp³-hybridized carbons (Fsp3) is 0.400. The molecule has 3 aliphatic carbocycles. The van der Waals surface area contributed by atoms with Gasteiger partial charge in [-0.15, -0.1) is 0 Å². The van der Waals surface area contributed by atoms with Gasteiger partial charge in [0.05, 0.1) is 0 Å². The van der Waals surface area contributed by atoms with Gasteiger partial charge in [0, 0.05) is 10.8 Å². The molecule has 58 heavy (non-hydrogen) atoms. The molecule has 3 aliphatic rings. The quantitative estimate of drug-likeness (QED) is 0.114. The Bertz CT molecular complexity index is 2320. The van der Waals surface area contributed by atoms with Crippen molar-refractivity contribution in [2.45, 2.75) is 60.6 Å². The van der Waals surface area contributed by atoms with Gasteiger partial charge in [0.25, 0.3) is 0 Å². The largest absolute Gasteiger partial charge is 0.534 e. The van der Waals surface area contributed by atoms with Gasteiger partial charge in [0.2, 0.25) is 0 Å². The molecule has 3 aromatic carbocycles. The number of rotatable bonds is 10. The highest BCUT2D eigenvalue weighted by atomic mass is 32.2. The van der Waals surface area contributed by atoms with Crippen LogP contribution in [0.1, 0.15) is 61.1 Å². The maximum atomic E-state index is 13.6. The van der Waals surface area contributed by atoms with Crippen LogP contribution in [0.15, 0.2) is 48.5 Å². The molecule has 0 heterocycles. The van der Waals surface area contributed by atoms with E-state index in [0.29, 0.717) is 24.3 Å². The van der Waals surface area contributed by atoms with E-state index in [9.17, 15) is 86.4 Å². The Balaban J connectivity index is 2.06. The fourth-order valence-electron chi connectivity index (χ4n) is 7.25. The third-order valence-electron chi connectivity index (χ3n) is 9.31. The molecular weight excluding hydrogens is 909 g/mol. The predicted octanol–water partition coefficient (Wildman–Crippen LogP) is 7.21. The van der Waals surface area contributed by atoms with Crippen LogP contribution < -0.4 is 16.7 Å². The first-order valence-electron chi connectivity index (χ1n) is 15.4. The number of alkyl halides is 12. The molecule has 0 aliphatic heterocycles. The fourth-order valence-corrected chi connectivity index (χ4v) is 9.10. The minimum absolute atomic E-state index is 0.0149. The van der Waals surface area contributed by atoms with Crippen molar-refractivity contribution in [1.29, 1.82) is 0 Å². The number of halogens is 12. The van der Waals surface area contributed by atoms with Crippen LogP contribution in [0.4, 0.5) is 52.7 Å².